The second kappa shape index (κ2) is 10.6. The highest BCUT2D eigenvalue weighted by Crippen LogP contribution is 2.31. The van der Waals surface area contributed by atoms with Crippen LogP contribution in [0.5, 0.6) is 5.75 Å². The molecule has 5 rings (SSSR count). The molecule has 0 unspecified atom stereocenters. The Hall–Kier alpha value is -2.61. The molecule has 1 saturated heterocycles. The predicted octanol–water partition coefficient (Wildman–Crippen LogP) is 2.47. The third-order valence-corrected chi connectivity index (χ3v) is 7.77. The molecule has 0 aliphatic carbocycles. The molecule has 2 aromatic rings. The molecule has 1 N–H and O–H groups in total. The van der Waals surface area contributed by atoms with Gasteiger partial charge in [-0.25, -0.2) is 0 Å². The minimum absolute atomic E-state index is 0.0570. The minimum Gasteiger partial charge on any atom is -0.491 e. The fraction of sp³-hybridized carbons (Fsp3) is 0.536. The average molecular weight is 479 g/mol. The van der Waals surface area contributed by atoms with Crippen molar-refractivity contribution in [2.75, 3.05) is 64.9 Å². The molecular weight excluding hydrogens is 440 g/mol. The summed E-state index contributed by atoms with van der Waals surface area (Å²) in [6, 6.07) is 15.1. The van der Waals surface area contributed by atoms with E-state index < -0.39 is 6.10 Å². The van der Waals surface area contributed by atoms with Crippen molar-refractivity contribution in [2.45, 2.75) is 38.0 Å². The van der Waals surface area contributed by atoms with Gasteiger partial charge >= 0.3 is 0 Å². The summed E-state index contributed by atoms with van der Waals surface area (Å²) >= 11 is 0. The maximum absolute atomic E-state index is 13.3. The highest BCUT2D eigenvalue weighted by atomic mass is 16.5. The average Bonchev–Trinajstić information content (AvgIpc) is 3.02. The number of hydrogen-bond acceptors (Lipinski definition) is 6. The lowest BCUT2D eigenvalue weighted by Gasteiger charge is -2.36. The number of rotatable bonds is 6. The summed E-state index contributed by atoms with van der Waals surface area (Å²) in [5.41, 5.74) is 4.44. The van der Waals surface area contributed by atoms with Crippen LogP contribution in [0.15, 0.2) is 42.5 Å². The maximum atomic E-state index is 13.3. The number of benzene rings is 2. The number of aliphatic hydroxyl groups is 1. The fourth-order valence-electron chi connectivity index (χ4n) is 5.68. The van der Waals surface area contributed by atoms with Gasteiger partial charge in [0.2, 0.25) is 0 Å². The lowest BCUT2D eigenvalue weighted by Crippen LogP contribution is -2.44. The molecule has 1 fully saturated rings. The Kier molecular flexibility index (Phi) is 7.27. The number of β-amino-alcohol motifs (C(OH)–C–C–N with tert-alkyl or cyclic N) is 1. The van der Waals surface area contributed by atoms with Gasteiger partial charge in [-0.3, -0.25) is 9.69 Å². The van der Waals surface area contributed by atoms with Crippen molar-refractivity contribution in [1.82, 2.24) is 14.7 Å². The minimum atomic E-state index is -0.594. The molecule has 7 heteroatoms. The van der Waals surface area contributed by atoms with Crippen molar-refractivity contribution in [2.24, 2.45) is 0 Å². The molecule has 35 heavy (non-hydrogen) atoms. The van der Waals surface area contributed by atoms with Crippen molar-refractivity contribution in [1.29, 1.82) is 0 Å². The summed E-state index contributed by atoms with van der Waals surface area (Å²) in [7, 11) is 4.30. The molecule has 0 bridgehead atoms. The van der Waals surface area contributed by atoms with Gasteiger partial charge in [0.25, 0.3) is 5.91 Å². The van der Waals surface area contributed by atoms with Gasteiger partial charge in [0.05, 0.1) is 18.2 Å². The first-order chi connectivity index (χ1) is 17.0. The van der Waals surface area contributed by atoms with Crippen LogP contribution >= 0.6 is 0 Å². The van der Waals surface area contributed by atoms with E-state index in [-0.39, 0.29) is 5.91 Å². The van der Waals surface area contributed by atoms with Gasteiger partial charge < -0.3 is 24.5 Å². The SMILES string of the molecule is CN(C)C1CCN(c2ccc3c(c2)OCCN(C[C@H](O)CN2CCc4ccccc4C2)C3=O)CC1. The van der Waals surface area contributed by atoms with Crippen LogP contribution in [-0.4, -0.2) is 97.8 Å². The van der Waals surface area contributed by atoms with E-state index >= 15 is 0 Å². The van der Waals surface area contributed by atoms with E-state index in [4.69, 9.17) is 4.74 Å². The number of piperidine rings is 1. The van der Waals surface area contributed by atoms with Crippen LogP contribution < -0.4 is 9.64 Å². The van der Waals surface area contributed by atoms with E-state index in [0.717, 1.165) is 51.1 Å². The van der Waals surface area contributed by atoms with Crippen LogP contribution in [0.4, 0.5) is 5.69 Å². The number of nitrogens with zero attached hydrogens (tertiary/aromatic N) is 4. The normalized spacial score (nSPS) is 20.3. The first kappa shape index (κ1) is 24.1. The van der Waals surface area contributed by atoms with Crippen molar-refractivity contribution >= 4 is 11.6 Å². The lowest BCUT2D eigenvalue weighted by molar-refractivity contribution is 0.0501. The summed E-state index contributed by atoms with van der Waals surface area (Å²) in [5, 5.41) is 10.8. The summed E-state index contributed by atoms with van der Waals surface area (Å²) in [6.07, 6.45) is 2.68. The Morgan fingerprint density at radius 3 is 2.57 bits per heavy atom. The molecule has 3 aliphatic rings. The van der Waals surface area contributed by atoms with E-state index in [2.05, 4.69) is 53.1 Å². The molecule has 1 atom stereocenters. The fourth-order valence-corrected chi connectivity index (χ4v) is 5.68. The number of hydrogen-bond donors (Lipinski definition) is 1. The Morgan fingerprint density at radius 2 is 1.80 bits per heavy atom. The standard InChI is InChI=1S/C28H38N4O3/c1-29(2)23-10-13-31(14-11-23)24-7-8-26-27(17-24)35-16-15-32(28(26)34)20-25(33)19-30-12-9-21-5-3-4-6-22(21)18-30/h3-8,17,23,25,33H,9-16,18-20H2,1-2H3/t25-/m1/s1. The van der Waals surface area contributed by atoms with Gasteiger partial charge in [-0.2, -0.15) is 0 Å². The van der Waals surface area contributed by atoms with E-state index in [1.54, 1.807) is 4.90 Å². The summed E-state index contributed by atoms with van der Waals surface area (Å²) in [6.45, 7) is 5.60. The highest BCUT2D eigenvalue weighted by molar-refractivity contribution is 5.97. The van der Waals surface area contributed by atoms with Crippen LogP contribution in [0.2, 0.25) is 0 Å². The molecule has 7 nitrogen and oxygen atoms in total. The van der Waals surface area contributed by atoms with Crippen LogP contribution in [0.3, 0.4) is 0 Å². The summed E-state index contributed by atoms with van der Waals surface area (Å²) in [5.74, 6) is 0.602. The van der Waals surface area contributed by atoms with Crippen molar-refractivity contribution < 1.29 is 14.6 Å². The van der Waals surface area contributed by atoms with Crippen LogP contribution in [-0.2, 0) is 13.0 Å². The maximum Gasteiger partial charge on any atom is 0.257 e. The largest absolute Gasteiger partial charge is 0.491 e. The molecule has 0 spiro atoms. The molecule has 1 amide bonds. The second-order valence-electron chi connectivity index (χ2n) is 10.4. The number of aliphatic hydroxyl groups excluding tert-OH is 1. The zero-order valence-electron chi connectivity index (χ0n) is 21.0. The molecule has 0 aromatic heterocycles. The topological polar surface area (TPSA) is 59.5 Å². The summed E-state index contributed by atoms with van der Waals surface area (Å²) in [4.78, 5) is 22.1. The van der Waals surface area contributed by atoms with Gasteiger partial charge in [0.1, 0.15) is 12.4 Å². The Morgan fingerprint density at radius 1 is 1.03 bits per heavy atom. The van der Waals surface area contributed by atoms with Gasteiger partial charge in [0.15, 0.2) is 0 Å². The van der Waals surface area contributed by atoms with Crippen molar-refractivity contribution in [3.05, 3.63) is 59.2 Å². The number of anilines is 1. The monoisotopic (exact) mass is 478 g/mol. The number of fused-ring (bicyclic) bond motifs is 2. The number of carbonyl (C=O) groups excluding carboxylic acids is 1. The summed E-state index contributed by atoms with van der Waals surface area (Å²) < 4.78 is 6.02. The smallest absolute Gasteiger partial charge is 0.257 e. The molecule has 3 heterocycles. The molecule has 2 aromatic carbocycles. The second-order valence-corrected chi connectivity index (χ2v) is 10.4. The Balaban J connectivity index is 1.20. The van der Waals surface area contributed by atoms with Crippen LogP contribution in [0.1, 0.15) is 34.3 Å². The zero-order valence-corrected chi connectivity index (χ0v) is 21.0. The van der Waals surface area contributed by atoms with Gasteiger partial charge in [0, 0.05) is 57.1 Å². The van der Waals surface area contributed by atoms with E-state index in [1.807, 2.05) is 18.2 Å². The predicted molar refractivity (Wildman–Crippen MR) is 138 cm³/mol. The van der Waals surface area contributed by atoms with Crippen LogP contribution in [0, 0.1) is 0 Å². The van der Waals surface area contributed by atoms with Crippen LogP contribution in [0.25, 0.3) is 0 Å². The molecular formula is C28H38N4O3. The zero-order chi connectivity index (χ0) is 24.4. The lowest BCUT2D eigenvalue weighted by atomic mass is 10.00. The third-order valence-electron chi connectivity index (χ3n) is 7.77. The van der Waals surface area contributed by atoms with Gasteiger partial charge in [-0.15, -0.1) is 0 Å². The van der Waals surface area contributed by atoms with Crippen molar-refractivity contribution in [3.63, 3.8) is 0 Å². The number of carbonyl (C=O) groups is 1. The van der Waals surface area contributed by atoms with Gasteiger partial charge in [-0.05, 0) is 56.6 Å². The van der Waals surface area contributed by atoms with E-state index in [0.29, 0.717) is 43.6 Å². The third kappa shape index (κ3) is 5.47. The first-order valence-corrected chi connectivity index (χ1v) is 12.9. The van der Waals surface area contributed by atoms with E-state index in [1.165, 1.54) is 11.1 Å². The van der Waals surface area contributed by atoms with Crippen molar-refractivity contribution in [3.8, 4) is 5.75 Å². The first-order valence-electron chi connectivity index (χ1n) is 12.9. The Labute approximate surface area is 208 Å². The molecule has 188 valence electrons. The molecule has 0 radical (unpaired) electrons. The molecule has 0 saturated carbocycles. The highest BCUT2D eigenvalue weighted by Gasteiger charge is 2.28. The Bertz CT molecular complexity index is 1030. The van der Waals surface area contributed by atoms with Gasteiger partial charge in [-0.1, -0.05) is 24.3 Å². The quantitative estimate of drug-likeness (QED) is 0.689. The van der Waals surface area contributed by atoms with E-state index in [9.17, 15) is 9.90 Å². The number of amides is 1. The number of ether oxygens (including phenoxy) is 1. The molecule has 3 aliphatic heterocycles.